The van der Waals surface area contributed by atoms with Crippen LogP contribution in [-0.2, 0) is 0 Å². The van der Waals surface area contributed by atoms with Gasteiger partial charge in [-0.2, -0.15) is 0 Å². The first-order valence-corrected chi connectivity index (χ1v) is 7.98. The minimum absolute atomic E-state index is 0.00249. The fourth-order valence-electron chi connectivity index (χ4n) is 3.01. The number of aromatic amines is 1. The topological polar surface area (TPSA) is 136 Å². The van der Waals surface area contributed by atoms with E-state index in [0.29, 0.717) is 16.6 Å². The lowest BCUT2D eigenvalue weighted by Crippen LogP contribution is -2.26. The van der Waals surface area contributed by atoms with Gasteiger partial charge in [-0.25, -0.2) is 4.98 Å². The van der Waals surface area contributed by atoms with Gasteiger partial charge >= 0.3 is 0 Å². The van der Waals surface area contributed by atoms with Crippen LogP contribution >= 0.6 is 0 Å². The molecule has 0 unspecified atom stereocenters. The number of aliphatic hydroxyl groups is 1. The van der Waals surface area contributed by atoms with Crippen molar-refractivity contribution in [2.24, 2.45) is 0 Å². The molecule has 0 aliphatic carbocycles. The highest BCUT2D eigenvalue weighted by Crippen LogP contribution is 2.30. The zero-order valence-corrected chi connectivity index (χ0v) is 13.8. The van der Waals surface area contributed by atoms with Crippen molar-refractivity contribution in [1.29, 1.82) is 5.41 Å². The largest absolute Gasteiger partial charge is 0.509 e. The SMILES string of the molecule is N=C1C(c2nc3ccccc3c(=O)[nH]2)=C(O)CN1c1ccc([N+](=O)[O-])cc1. The van der Waals surface area contributed by atoms with Gasteiger partial charge in [0.15, 0.2) is 0 Å². The molecule has 1 aromatic heterocycles. The van der Waals surface area contributed by atoms with Crippen LogP contribution in [0.15, 0.2) is 59.1 Å². The van der Waals surface area contributed by atoms with E-state index in [-0.39, 0.29) is 40.8 Å². The van der Waals surface area contributed by atoms with Crippen molar-refractivity contribution in [3.8, 4) is 0 Å². The van der Waals surface area contributed by atoms with Gasteiger partial charge in [0.1, 0.15) is 17.4 Å². The third-order valence-corrected chi connectivity index (χ3v) is 4.33. The predicted molar refractivity (Wildman–Crippen MR) is 100 cm³/mol. The number of nitro groups is 1. The number of nitrogens with one attached hydrogen (secondary N) is 2. The molecule has 0 amide bonds. The van der Waals surface area contributed by atoms with Gasteiger partial charge in [0.2, 0.25) is 0 Å². The number of aromatic nitrogens is 2. The van der Waals surface area contributed by atoms with Gasteiger partial charge in [0.05, 0.1) is 27.9 Å². The van der Waals surface area contributed by atoms with Crippen molar-refractivity contribution in [1.82, 2.24) is 9.97 Å². The molecule has 0 saturated carbocycles. The monoisotopic (exact) mass is 363 g/mol. The van der Waals surface area contributed by atoms with E-state index in [1.54, 1.807) is 24.3 Å². The van der Waals surface area contributed by atoms with E-state index < -0.39 is 4.92 Å². The molecule has 2 aromatic carbocycles. The Hall–Kier alpha value is -4.01. The molecular weight excluding hydrogens is 350 g/mol. The van der Waals surface area contributed by atoms with Crippen molar-refractivity contribution in [2.45, 2.75) is 0 Å². The fraction of sp³-hybridized carbons (Fsp3) is 0.0556. The highest BCUT2D eigenvalue weighted by molar-refractivity contribution is 6.30. The van der Waals surface area contributed by atoms with Crippen LogP contribution < -0.4 is 10.5 Å². The summed E-state index contributed by atoms with van der Waals surface area (Å²) in [6.07, 6.45) is 0. The van der Waals surface area contributed by atoms with E-state index in [4.69, 9.17) is 5.41 Å². The molecular formula is C18H13N5O4. The Bertz CT molecular complexity index is 1180. The molecule has 0 radical (unpaired) electrons. The second-order valence-corrected chi connectivity index (χ2v) is 5.96. The summed E-state index contributed by atoms with van der Waals surface area (Å²) in [4.78, 5) is 31.0. The van der Waals surface area contributed by atoms with Gasteiger partial charge < -0.3 is 15.0 Å². The Morgan fingerprint density at radius 2 is 1.89 bits per heavy atom. The van der Waals surface area contributed by atoms with Gasteiger partial charge in [-0.05, 0) is 24.3 Å². The maximum absolute atomic E-state index is 12.3. The first-order chi connectivity index (χ1) is 13.0. The maximum Gasteiger partial charge on any atom is 0.269 e. The average molecular weight is 363 g/mol. The first kappa shape index (κ1) is 16.5. The van der Waals surface area contributed by atoms with Crippen LogP contribution in [0.4, 0.5) is 11.4 Å². The predicted octanol–water partition coefficient (Wildman–Crippen LogP) is 2.60. The van der Waals surface area contributed by atoms with Crippen molar-refractivity contribution in [3.63, 3.8) is 0 Å². The van der Waals surface area contributed by atoms with Crippen LogP contribution in [-0.4, -0.2) is 32.4 Å². The number of amidine groups is 1. The van der Waals surface area contributed by atoms with Crippen LogP contribution in [0.3, 0.4) is 0 Å². The van der Waals surface area contributed by atoms with E-state index in [1.165, 1.54) is 29.2 Å². The van der Waals surface area contributed by atoms with Gasteiger partial charge in [0, 0.05) is 17.8 Å². The van der Waals surface area contributed by atoms with Crippen LogP contribution in [0.5, 0.6) is 0 Å². The lowest BCUT2D eigenvalue weighted by atomic mass is 10.2. The van der Waals surface area contributed by atoms with Crippen LogP contribution in [0.25, 0.3) is 16.5 Å². The van der Waals surface area contributed by atoms with Crippen LogP contribution in [0.1, 0.15) is 5.82 Å². The Labute approximate surface area is 151 Å². The number of fused-ring (bicyclic) bond motifs is 1. The molecule has 0 saturated heterocycles. The number of anilines is 1. The molecule has 1 aliphatic heterocycles. The molecule has 2 heterocycles. The zero-order chi connectivity index (χ0) is 19.1. The standard InChI is InChI=1S/C18H13N5O4/c19-16-15(17-20-13-4-2-1-3-12(13)18(25)21-17)14(24)9-22(16)10-5-7-11(8-6-10)23(26)27/h1-8,19,24H,9H2,(H,20,21,25). The van der Waals surface area contributed by atoms with Gasteiger partial charge in [-0.1, -0.05) is 12.1 Å². The molecule has 3 N–H and O–H groups in total. The van der Waals surface area contributed by atoms with Crippen LogP contribution in [0, 0.1) is 15.5 Å². The quantitative estimate of drug-likeness (QED) is 0.483. The summed E-state index contributed by atoms with van der Waals surface area (Å²) in [6, 6.07) is 12.4. The Balaban J connectivity index is 1.73. The highest BCUT2D eigenvalue weighted by atomic mass is 16.6. The molecule has 0 atom stereocenters. The Kier molecular flexibility index (Phi) is 3.69. The maximum atomic E-state index is 12.3. The number of benzene rings is 2. The normalized spacial score (nSPS) is 14.2. The number of nitrogens with zero attached hydrogens (tertiary/aromatic N) is 3. The highest BCUT2D eigenvalue weighted by Gasteiger charge is 2.31. The lowest BCUT2D eigenvalue weighted by Gasteiger charge is -2.18. The molecule has 0 fully saturated rings. The van der Waals surface area contributed by atoms with E-state index in [1.807, 2.05) is 0 Å². The molecule has 1 aliphatic rings. The molecule has 9 heteroatoms. The summed E-state index contributed by atoms with van der Waals surface area (Å²) in [5, 5.41) is 30.0. The summed E-state index contributed by atoms with van der Waals surface area (Å²) in [6.45, 7) is 0.00249. The number of hydrogen-bond acceptors (Lipinski definition) is 6. The second-order valence-electron chi connectivity index (χ2n) is 5.96. The minimum Gasteiger partial charge on any atom is -0.509 e. The smallest absolute Gasteiger partial charge is 0.269 e. The van der Waals surface area contributed by atoms with Crippen molar-refractivity contribution in [3.05, 3.63) is 80.6 Å². The number of nitro benzene ring substituents is 1. The minimum atomic E-state index is -0.510. The summed E-state index contributed by atoms with van der Waals surface area (Å²) in [5.74, 6) is -0.0674. The number of non-ortho nitro benzene ring substituents is 1. The van der Waals surface area contributed by atoms with Crippen molar-refractivity contribution >= 4 is 33.7 Å². The molecule has 134 valence electrons. The fourth-order valence-corrected chi connectivity index (χ4v) is 3.01. The number of hydrogen-bond donors (Lipinski definition) is 3. The van der Waals surface area contributed by atoms with E-state index in [9.17, 15) is 20.0 Å². The van der Waals surface area contributed by atoms with Crippen LogP contribution in [0.2, 0.25) is 0 Å². The number of aliphatic hydroxyl groups excluding tert-OH is 1. The van der Waals surface area contributed by atoms with E-state index in [2.05, 4.69) is 9.97 Å². The summed E-state index contributed by atoms with van der Waals surface area (Å²) < 4.78 is 0. The summed E-state index contributed by atoms with van der Waals surface area (Å²) >= 11 is 0. The average Bonchev–Trinajstić information content (AvgIpc) is 2.96. The van der Waals surface area contributed by atoms with Crippen molar-refractivity contribution < 1.29 is 10.0 Å². The molecule has 0 spiro atoms. The number of rotatable bonds is 3. The molecule has 0 bridgehead atoms. The third kappa shape index (κ3) is 2.71. The molecule has 3 aromatic rings. The molecule has 27 heavy (non-hydrogen) atoms. The first-order valence-electron chi connectivity index (χ1n) is 7.98. The zero-order valence-electron chi connectivity index (χ0n) is 13.8. The van der Waals surface area contributed by atoms with Gasteiger partial charge in [-0.15, -0.1) is 0 Å². The van der Waals surface area contributed by atoms with E-state index >= 15 is 0 Å². The Morgan fingerprint density at radius 3 is 2.59 bits per heavy atom. The van der Waals surface area contributed by atoms with Gasteiger partial charge in [-0.3, -0.25) is 20.3 Å². The number of H-pyrrole nitrogens is 1. The molecule has 4 rings (SSSR count). The summed E-state index contributed by atoms with van der Waals surface area (Å²) in [5.41, 5.74) is 0.657. The van der Waals surface area contributed by atoms with E-state index in [0.717, 1.165) is 0 Å². The third-order valence-electron chi connectivity index (χ3n) is 4.33. The molecule has 9 nitrogen and oxygen atoms in total. The van der Waals surface area contributed by atoms with Gasteiger partial charge in [0.25, 0.3) is 11.2 Å². The summed E-state index contributed by atoms with van der Waals surface area (Å²) in [7, 11) is 0. The lowest BCUT2D eigenvalue weighted by molar-refractivity contribution is -0.384. The Morgan fingerprint density at radius 1 is 1.19 bits per heavy atom. The van der Waals surface area contributed by atoms with Crippen molar-refractivity contribution in [2.75, 3.05) is 11.4 Å². The number of para-hydroxylation sites is 1. The second kappa shape index (κ2) is 6.06.